The maximum atomic E-state index is 12.1. The summed E-state index contributed by atoms with van der Waals surface area (Å²) < 4.78 is 2.48. The van der Waals surface area contributed by atoms with E-state index in [1.54, 1.807) is 30.3 Å². The number of non-ortho nitro benzene ring substituents is 1. The first-order valence-electron chi connectivity index (χ1n) is 8.38. The molecule has 0 fully saturated rings. The van der Waals surface area contributed by atoms with Gasteiger partial charge in [0.2, 0.25) is 17.4 Å². The van der Waals surface area contributed by atoms with Crippen LogP contribution < -0.4 is 0 Å². The number of hydrogen-bond donors (Lipinski definition) is 1. The number of nitro benzene ring substituents is 1. The van der Waals surface area contributed by atoms with Gasteiger partial charge in [-0.1, -0.05) is 24.3 Å². The number of nitrogens with zero attached hydrogens (tertiary/aromatic N) is 7. The monoisotopic (exact) mass is 391 g/mol. The lowest BCUT2D eigenvalue weighted by Crippen LogP contribution is -2.02. The van der Waals surface area contributed by atoms with Gasteiger partial charge in [0.05, 0.1) is 16.3 Å². The van der Waals surface area contributed by atoms with Gasteiger partial charge < -0.3 is 5.11 Å². The van der Waals surface area contributed by atoms with Crippen LogP contribution in [0.25, 0.3) is 11.5 Å². The number of fused-ring (bicyclic) bond motifs is 1. The van der Waals surface area contributed by atoms with Gasteiger partial charge in [-0.3, -0.25) is 14.9 Å². The van der Waals surface area contributed by atoms with Crippen LogP contribution in [-0.4, -0.2) is 35.0 Å². The summed E-state index contributed by atoms with van der Waals surface area (Å²) in [6.07, 6.45) is 0. The Morgan fingerprint density at radius 1 is 1.14 bits per heavy atom. The summed E-state index contributed by atoms with van der Waals surface area (Å²) in [5.74, 6) is -0.932. The molecule has 1 N–H and O–H groups in total. The Balaban J connectivity index is 1.91. The van der Waals surface area contributed by atoms with Crippen LogP contribution in [0.4, 0.5) is 17.2 Å². The standard InChI is InChI=1S/C18H13N7O4/c1-11(26)15-22-24(13-8-5-9-14(10-13)25(28)29)18-19-17(27)16(23(15)18)21-20-12-6-3-2-4-7-12/h2-10,27H,1H3. The number of hydrogen-bond acceptors (Lipinski definition) is 8. The maximum Gasteiger partial charge on any atom is 0.271 e. The molecule has 0 amide bonds. The largest absolute Gasteiger partial charge is 0.491 e. The van der Waals surface area contributed by atoms with Gasteiger partial charge in [0.1, 0.15) is 0 Å². The van der Waals surface area contributed by atoms with Crippen LogP contribution in [0.15, 0.2) is 64.8 Å². The van der Waals surface area contributed by atoms with Gasteiger partial charge in [-0.2, -0.15) is 9.67 Å². The summed E-state index contributed by atoms with van der Waals surface area (Å²) in [5.41, 5.74) is 0.686. The molecule has 4 rings (SSSR count). The van der Waals surface area contributed by atoms with Gasteiger partial charge in [-0.05, 0) is 18.2 Å². The first-order chi connectivity index (χ1) is 14.0. The zero-order valence-electron chi connectivity index (χ0n) is 15.0. The molecule has 0 spiro atoms. The number of benzene rings is 2. The minimum atomic E-state index is -0.543. The molecule has 2 aromatic carbocycles. The Morgan fingerprint density at radius 3 is 2.59 bits per heavy atom. The highest BCUT2D eigenvalue weighted by Gasteiger charge is 2.24. The van der Waals surface area contributed by atoms with E-state index in [9.17, 15) is 20.0 Å². The van der Waals surface area contributed by atoms with Crippen LogP contribution in [0, 0.1) is 10.1 Å². The van der Waals surface area contributed by atoms with Crippen LogP contribution in [0.1, 0.15) is 17.5 Å². The van der Waals surface area contributed by atoms with Crippen LogP contribution in [0.3, 0.4) is 0 Å². The number of carbonyl (C=O) groups is 1. The highest BCUT2D eigenvalue weighted by molar-refractivity contribution is 5.92. The number of rotatable bonds is 5. The lowest BCUT2D eigenvalue weighted by molar-refractivity contribution is -0.384. The summed E-state index contributed by atoms with van der Waals surface area (Å²) in [5, 5.41) is 33.6. The van der Waals surface area contributed by atoms with Crippen molar-refractivity contribution >= 4 is 28.8 Å². The number of aromatic hydroxyl groups is 1. The Bertz CT molecular complexity index is 1270. The SMILES string of the molecule is CC(=O)c1nn(-c2cccc([N+](=O)[O-])c2)c2nc(O)c(N=Nc3ccccc3)n12. The zero-order chi connectivity index (χ0) is 20.5. The molecule has 0 atom stereocenters. The third-order valence-corrected chi connectivity index (χ3v) is 4.03. The van der Waals surface area contributed by atoms with Crippen molar-refractivity contribution in [2.75, 3.05) is 0 Å². The second kappa shape index (κ2) is 6.96. The van der Waals surface area contributed by atoms with Crippen molar-refractivity contribution in [2.45, 2.75) is 6.92 Å². The minimum absolute atomic E-state index is 0.0543. The van der Waals surface area contributed by atoms with Gasteiger partial charge in [0.15, 0.2) is 5.78 Å². The van der Waals surface area contributed by atoms with E-state index in [2.05, 4.69) is 20.3 Å². The van der Waals surface area contributed by atoms with Crippen molar-refractivity contribution in [3.8, 4) is 11.6 Å². The zero-order valence-corrected chi connectivity index (χ0v) is 15.0. The molecule has 29 heavy (non-hydrogen) atoms. The van der Waals surface area contributed by atoms with Gasteiger partial charge in [0.25, 0.3) is 11.6 Å². The molecule has 2 aromatic heterocycles. The molecule has 0 aliphatic heterocycles. The molecule has 0 bridgehead atoms. The molecule has 4 aromatic rings. The number of ketones is 1. The average molecular weight is 391 g/mol. The third-order valence-electron chi connectivity index (χ3n) is 4.03. The van der Waals surface area contributed by atoms with E-state index in [1.807, 2.05) is 6.07 Å². The molecule has 0 radical (unpaired) electrons. The lowest BCUT2D eigenvalue weighted by atomic mass is 10.3. The summed E-state index contributed by atoms with van der Waals surface area (Å²) in [6.45, 7) is 1.30. The van der Waals surface area contributed by atoms with Crippen LogP contribution in [-0.2, 0) is 0 Å². The molecule has 0 saturated carbocycles. The highest BCUT2D eigenvalue weighted by atomic mass is 16.6. The molecule has 0 aliphatic carbocycles. The van der Waals surface area contributed by atoms with Crippen molar-refractivity contribution in [3.63, 3.8) is 0 Å². The van der Waals surface area contributed by atoms with Gasteiger partial charge in [-0.15, -0.1) is 15.3 Å². The summed E-state index contributed by atoms with van der Waals surface area (Å²) in [7, 11) is 0. The second-order valence-electron chi connectivity index (χ2n) is 6.00. The quantitative estimate of drug-likeness (QED) is 0.238. The smallest absolute Gasteiger partial charge is 0.271 e. The molecule has 11 nitrogen and oxygen atoms in total. The van der Waals surface area contributed by atoms with E-state index < -0.39 is 16.6 Å². The minimum Gasteiger partial charge on any atom is -0.491 e. The predicted octanol–water partition coefficient (Wildman–Crippen LogP) is 3.75. The molecular weight excluding hydrogens is 378 g/mol. The maximum absolute atomic E-state index is 12.1. The summed E-state index contributed by atoms with van der Waals surface area (Å²) >= 11 is 0. The Hall–Kier alpha value is -4.41. The summed E-state index contributed by atoms with van der Waals surface area (Å²) in [6, 6.07) is 14.5. The number of imidazole rings is 1. The van der Waals surface area contributed by atoms with Crippen molar-refractivity contribution in [1.29, 1.82) is 0 Å². The number of Topliss-reactive ketones (excluding diaryl/α,β-unsaturated/α-hetero) is 1. The van der Waals surface area contributed by atoms with E-state index in [-0.39, 0.29) is 23.1 Å². The Kier molecular flexibility index (Phi) is 4.31. The van der Waals surface area contributed by atoms with E-state index in [4.69, 9.17) is 0 Å². The molecule has 0 unspecified atom stereocenters. The third kappa shape index (κ3) is 3.20. The Labute approximate surface area is 162 Å². The van der Waals surface area contributed by atoms with E-state index >= 15 is 0 Å². The second-order valence-corrected chi connectivity index (χ2v) is 6.00. The van der Waals surface area contributed by atoms with Crippen molar-refractivity contribution < 1.29 is 14.8 Å². The van der Waals surface area contributed by atoms with Gasteiger partial charge in [0, 0.05) is 19.1 Å². The fourth-order valence-electron chi connectivity index (χ4n) is 2.74. The van der Waals surface area contributed by atoms with E-state index in [0.29, 0.717) is 11.4 Å². The first kappa shape index (κ1) is 18.0. The molecule has 144 valence electrons. The molecule has 0 saturated heterocycles. The highest BCUT2D eigenvalue weighted by Crippen LogP contribution is 2.31. The number of nitro groups is 1. The van der Waals surface area contributed by atoms with Crippen LogP contribution in [0.2, 0.25) is 0 Å². The molecule has 11 heteroatoms. The van der Waals surface area contributed by atoms with Crippen molar-refractivity contribution in [1.82, 2.24) is 19.2 Å². The van der Waals surface area contributed by atoms with Crippen molar-refractivity contribution in [3.05, 3.63) is 70.5 Å². The number of aromatic nitrogens is 4. The molecular formula is C18H13N7O4. The number of azo groups is 1. The van der Waals surface area contributed by atoms with E-state index in [0.717, 1.165) is 0 Å². The molecule has 0 aliphatic rings. The van der Waals surface area contributed by atoms with Crippen molar-refractivity contribution in [2.24, 2.45) is 10.2 Å². The Morgan fingerprint density at radius 2 is 1.90 bits per heavy atom. The van der Waals surface area contributed by atoms with Crippen LogP contribution in [0.5, 0.6) is 5.88 Å². The first-order valence-corrected chi connectivity index (χ1v) is 8.38. The normalized spacial score (nSPS) is 11.3. The predicted molar refractivity (Wildman–Crippen MR) is 101 cm³/mol. The topological polar surface area (TPSA) is 140 Å². The molecule has 2 heterocycles. The number of carbonyl (C=O) groups excluding carboxylic acids is 1. The summed E-state index contributed by atoms with van der Waals surface area (Å²) in [4.78, 5) is 26.7. The van der Waals surface area contributed by atoms with Gasteiger partial charge in [-0.25, -0.2) is 4.40 Å². The van der Waals surface area contributed by atoms with Gasteiger partial charge >= 0.3 is 0 Å². The fraction of sp³-hybridized carbons (Fsp3) is 0.0556. The average Bonchev–Trinajstić information content (AvgIpc) is 3.23. The van der Waals surface area contributed by atoms with E-state index in [1.165, 1.54) is 34.2 Å². The lowest BCUT2D eigenvalue weighted by Gasteiger charge is -2.00. The van der Waals surface area contributed by atoms with Crippen LogP contribution >= 0.6 is 0 Å². The fourth-order valence-corrected chi connectivity index (χ4v) is 2.74.